The Labute approximate surface area is 132 Å². The lowest BCUT2D eigenvalue weighted by Gasteiger charge is -2.10. The van der Waals surface area contributed by atoms with Crippen molar-refractivity contribution in [1.82, 2.24) is 10.6 Å². The number of amides is 1. The smallest absolute Gasteiger partial charge is 0.221 e. The van der Waals surface area contributed by atoms with Gasteiger partial charge in [0.1, 0.15) is 5.75 Å². The molecule has 2 N–H and O–H groups in total. The first kappa shape index (κ1) is 16.8. The topological polar surface area (TPSA) is 59.6 Å². The van der Waals surface area contributed by atoms with Gasteiger partial charge in [0.2, 0.25) is 5.91 Å². The van der Waals surface area contributed by atoms with Crippen molar-refractivity contribution < 1.29 is 14.3 Å². The van der Waals surface area contributed by atoms with Crippen molar-refractivity contribution in [1.29, 1.82) is 0 Å². The van der Waals surface area contributed by atoms with Crippen molar-refractivity contribution in [3.63, 3.8) is 0 Å². The predicted octanol–water partition coefficient (Wildman–Crippen LogP) is 1.86. The third-order valence-electron chi connectivity index (χ3n) is 3.81. The number of hydrogen-bond acceptors (Lipinski definition) is 4. The molecule has 1 aromatic carbocycles. The van der Waals surface area contributed by atoms with Gasteiger partial charge in [0.15, 0.2) is 0 Å². The fourth-order valence-corrected chi connectivity index (χ4v) is 2.54. The highest BCUT2D eigenvalue weighted by atomic mass is 16.5. The third-order valence-corrected chi connectivity index (χ3v) is 3.81. The van der Waals surface area contributed by atoms with Gasteiger partial charge in [-0.2, -0.15) is 0 Å². The summed E-state index contributed by atoms with van der Waals surface area (Å²) in [6, 6.07) is 8.21. The van der Waals surface area contributed by atoms with Gasteiger partial charge in [-0.25, -0.2) is 0 Å². The fraction of sp³-hybridized carbons (Fsp3) is 0.588. The average Bonchev–Trinajstić information content (AvgIpc) is 3.04. The summed E-state index contributed by atoms with van der Waals surface area (Å²) < 4.78 is 10.7. The lowest BCUT2D eigenvalue weighted by atomic mass is 10.1. The van der Waals surface area contributed by atoms with Crippen molar-refractivity contribution in [2.45, 2.75) is 38.3 Å². The summed E-state index contributed by atoms with van der Waals surface area (Å²) in [5, 5.41) is 6.28. The quantitative estimate of drug-likeness (QED) is 0.684. The van der Waals surface area contributed by atoms with Crippen LogP contribution in [-0.4, -0.2) is 38.8 Å². The highest BCUT2D eigenvalue weighted by Gasteiger charge is 2.16. The zero-order valence-corrected chi connectivity index (χ0v) is 13.3. The van der Waals surface area contributed by atoms with Gasteiger partial charge in [0.05, 0.1) is 13.7 Å². The highest BCUT2D eigenvalue weighted by Crippen LogP contribution is 2.12. The minimum absolute atomic E-state index is 0.134. The van der Waals surface area contributed by atoms with Crippen LogP contribution < -0.4 is 15.4 Å². The standard InChI is InChI=1S/C17H26N2O3/c1-21-16-7-5-14(6-8-16)13-22-11-3-10-19-17(20)12-15-4-2-9-18-15/h5-8,15,18H,2-4,9-13H2,1H3,(H,19,20). The van der Waals surface area contributed by atoms with Crippen LogP contribution in [0.4, 0.5) is 0 Å². The number of nitrogens with one attached hydrogen (secondary N) is 2. The molecule has 1 amide bonds. The molecule has 0 spiro atoms. The molecule has 1 unspecified atom stereocenters. The lowest BCUT2D eigenvalue weighted by molar-refractivity contribution is -0.121. The summed E-state index contributed by atoms with van der Waals surface area (Å²) in [6.45, 7) is 2.95. The van der Waals surface area contributed by atoms with Crippen LogP contribution in [0, 0.1) is 0 Å². The van der Waals surface area contributed by atoms with Crippen LogP contribution in [0.25, 0.3) is 0 Å². The molecule has 5 nitrogen and oxygen atoms in total. The van der Waals surface area contributed by atoms with Crippen molar-refractivity contribution in [2.24, 2.45) is 0 Å². The summed E-state index contributed by atoms with van der Waals surface area (Å²) in [4.78, 5) is 11.7. The number of methoxy groups -OCH3 is 1. The summed E-state index contributed by atoms with van der Waals surface area (Å²) in [5.74, 6) is 0.984. The Morgan fingerprint density at radius 3 is 2.86 bits per heavy atom. The molecule has 0 saturated carbocycles. The molecule has 1 fully saturated rings. The molecule has 1 aliphatic heterocycles. The fourth-order valence-electron chi connectivity index (χ4n) is 2.54. The van der Waals surface area contributed by atoms with E-state index in [-0.39, 0.29) is 5.91 Å². The Hall–Kier alpha value is -1.59. The van der Waals surface area contributed by atoms with Crippen molar-refractivity contribution in [3.05, 3.63) is 29.8 Å². The van der Waals surface area contributed by atoms with Crippen LogP contribution in [0.3, 0.4) is 0 Å². The number of rotatable bonds is 9. The molecule has 1 aromatic rings. The molecule has 0 aromatic heterocycles. The van der Waals surface area contributed by atoms with Gasteiger partial charge < -0.3 is 20.1 Å². The normalized spacial score (nSPS) is 17.4. The molecular weight excluding hydrogens is 280 g/mol. The first-order valence-electron chi connectivity index (χ1n) is 7.98. The SMILES string of the molecule is COc1ccc(COCCCNC(=O)CC2CCCN2)cc1. The number of hydrogen-bond donors (Lipinski definition) is 2. The second-order valence-corrected chi connectivity index (χ2v) is 5.60. The summed E-state index contributed by atoms with van der Waals surface area (Å²) >= 11 is 0. The molecule has 1 heterocycles. The van der Waals surface area contributed by atoms with Crippen molar-refractivity contribution in [2.75, 3.05) is 26.8 Å². The molecule has 122 valence electrons. The van der Waals surface area contributed by atoms with E-state index in [1.807, 2.05) is 24.3 Å². The largest absolute Gasteiger partial charge is 0.497 e. The zero-order valence-electron chi connectivity index (χ0n) is 13.3. The minimum Gasteiger partial charge on any atom is -0.497 e. The van der Waals surface area contributed by atoms with Crippen LogP contribution in [-0.2, 0) is 16.1 Å². The minimum atomic E-state index is 0.134. The van der Waals surface area contributed by atoms with Gasteiger partial charge in [-0.05, 0) is 43.5 Å². The lowest BCUT2D eigenvalue weighted by Crippen LogP contribution is -2.32. The van der Waals surface area contributed by atoms with Crippen LogP contribution in [0.5, 0.6) is 5.75 Å². The van der Waals surface area contributed by atoms with Crippen LogP contribution in [0.2, 0.25) is 0 Å². The van der Waals surface area contributed by atoms with Gasteiger partial charge in [-0.15, -0.1) is 0 Å². The van der Waals surface area contributed by atoms with Crippen LogP contribution in [0.15, 0.2) is 24.3 Å². The van der Waals surface area contributed by atoms with E-state index in [0.717, 1.165) is 30.7 Å². The van der Waals surface area contributed by atoms with E-state index in [1.165, 1.54) is 6.42 Å². The molecular formula is C17H26N2O3. The summed E-state index contributed by atoms with van der Waals surface area (Å²) in [5.41, 5.74) is 1.12. The molecule has 1 aliphatic rings. The Bertz CT molecular complexity index is 442. The number of carbonyl (C=O) groups excluding carboxylic acids is 1. The van der Waals surface area contributed by atoms with Gasteiger partial charge in [-0.1, -0.05) is 12.1 Å². The maximum Gasteiger partial charge on any atom is 0.221 e. The maximum atomic E-state index is 11.7. The molecule has 0 bridgehead atoms. The third kappa shape index (κ3) is 6.03. The van der Waals surface area contributed by atoms with Crippen molar-refractivity contribution >= 4 is 5.91 Å². The molecule has 1 saturated heterocycles. The first-order chi connectivity index (χ1) is 10.8. The van der Waals surface area contributed by atoms with Gasteiger partial charge in [0, 0.05) is 25.6 Å². The second-order valence-electron chi connectivity index (χ2n) is 5.60. The molecule has 2 rings (SSSR count). The van der Waals surface area contributed by atoms with Crippen LogP contribution >= 0.6 is 0 Å². The average molecular weight is 306 g/mol. The van der Waals surface area contributed by atoms with E-state index in [2.05, 4.69) is 10.6 Å². The molecule has 0 radical (unpaired) electrons. The molecule has 22 heavy (non-hydrogen) atoms. The number of ether oxygens (including phenoxy) is 2. The van der Waals surface area contributed by atoms with Crippen molar-refractivity contribution in [3.8, 4) is 5.75 Å². The Morgan fingerprint density at radius 1 is 1.36 bits per heavy atom. The monoisotopic (exact) mass is 306 g/mol. The number of benzene rings is 1. The second kappa shape index (κ2) is 9.43. The van der Waals surface area contributed by atoms with Gasteiger partial charge in [0.25, 0.3) is 0 Å². The van der Waals surface area contributed by atoms with Gasteiger partial charge in [-0.3, -0.25) is 4.79 Å². The predicted molar refractivity (Wildman–Crippen MR) is 85.9 cm³/mol. The number of carbonyl (C=O) groups is 1. The summed E-state index contributed by atoms with van der Waals surface area (Å²) in [7, 11) is 1.66. The van der Waals surface area contributed by atoms with E-state index in [0.29, 0.717) is 32.2 Å². The Balaban J connectivity index is 1.49. The first-order valence-corrected chi connectivity index (χ1v) is 7.98. The zero-order chi connectivity index (χ0) is 15.6. The van der Waals surface area contributed by atoms with E-state index >= 15 is 0 Å². The summed E-state index contributed by atoms with van der Waals surface area (Å²) in [6.07, 6.45) is 3.71. The van der Waals surface area contributed by atoms with E-state index in [9.17, 15) is 4.79 Å². The molecule has 1 atom stereocenters. The highest BCUT2D eigenvalue weighted by molar-refractivity contribution is 5.76. The van der Waals surface area contributed by atoms with Crippen LogP contribution in [0.1, 0.15) is 31.2 Å². The van der Waals surface area contributed by atoms with Gasteiger partial charge >= 0.3 is 0 Å². The molecule has 0 aliphatic carbocycles. The Kier molecular flexibility index (Phi) is 7.19. The Morgan fingerprint density at radius 2 is 2.18 bits per heavy atom. The van der Waals surface area contributed by atoms with E-state index in [4.69, 9.17) is 9.47 Å². The van der Waals surface area contributed by atoms with E-state index < -0.39 is 0 Å². The molecule has 5 heteroatoms. The maximum absolute atomic E-state index is 11.7. The van der Waals surface area contributed by atoms with E-state index in [1.54, 1.807) is 7.11 Å².